The third-order valence-electron chi connectivity index (χ3n) is 2.70. The fourth-order valence-electron chi connectivity index (χ4n) is 1.49. The number of Topliss-reactive ketones (excluding diaryl/α,β-unsaturated/α-hetero) is 1. The highest BCUT2D eigenvalue weighted by Gasteiger charge is 2.42. The summed E-state index contributed by atoms with van der Waals surface area (Å²) in [5.41, 5.74) is -0.729. The van der Waals surface area contributed by atoms with Gasteiger partial charge in [0.05, 0.1) is 5.69 Å². The van der Waals surface area contributed by atoms with Crippen LogP contribution in [0.2, 0.25) is 0 Å². The first-order valence-corrected chi connectivity index (χ1v) is 5.91. The Kier molecular flexibility index (Phi) is 3.87. The Balaban J connectivity index is 2.33. The van der Waals surface area contributed by atoms with Crippen LogP contribution in [0.25, 0.3) is 0 Å². The average molecular weight is 284 g/mol. The summed E-state index contributed by atoms with van der Waals surface area (Å²) in [6.45, 7) is 0. The zero-order chi connectivity index (χ0) is 14.8. The minimum Gasteiger partial charge on any atom is -0.503 e. The summed E-state index contributed by atoms with van der Waals surface area (Å²) >= 11 is 0. The van der Waals surface area contributed by atoms with Gasteiger partial charge in [-0.15, -0.1) is 5.11 Å². The highest BCUT2D eigenvalue weighted by Crippen LogP contribution is 2.36. The van der Waals surface area contributed by atoms with Gasteiger partial charge in [-0.1, -0.05) is 18.2 Å². The van der Waals surface area contributed by atoms with Crippen molar-refractivity contribution < 1.29 is 23.1 Å². The number of azo groups is 1. The van der Waals surface area contributed by atoms with Crippen LogP contribution >= 0.6 is 0 Å². The first kappa shape index (κ1) is 14.2. The molecule has 7 heteroatoms. The van der Waals surface area contributed by atoms with E-state index >= 15 is 0 Å². The number of hydrogen-bond donors (Lipinski definition) is 1. The molecule has 0 heterocycles. The predicted octanol–water partition coefficient (Wildman–Crippen LogP) is 4.08. The number of allylic oxidation sites excluding steroid dienone is 2. The maximum Gasteiger partial charge on any atom is 0.451 e. The van der Waals surface area contributed by atoms with Crippen LogP contribution in [0.4, 0.5) is 18.9 Å². The van der Waals surface area contributed by atoms with E-state index in [1.807, 2.05) is 0 Å². The average Bonchev–Trinajstić information content (AvgIpc) is 3.23. The minimum absolute atomic E-state index is 0.295. The molecule has 0 saturated heterocycles. The van der Waals surface area contributed by atoms with Crippen molar-refractivity contribution in [2.24, 2.45) is 16.1 Å². The highest BCUT2D eigenvalue weighted by atomic mass is 19.4. The Hall–Kier alpha value is -2.18. The molecule has 0 atom stereocenters. The van der Waals surface area contributed by atoms with Crippen LogP contribution in [-0.2, 0) is 4.79 Å². The van der Waals surface area contributed by atoms with Crippen LogP contribution in [0.1, 0.15) is 12.8 Å². The molecule has 1 aromatic rings. The lowest BCUT2D eigenvalue weighted by molar-refractivity contribution is -0.128. The molecule has 1 saturated carbocycles. The number of nitrogens with zero attached hydrogens (tertiary/aromatic N) is 2. The normalized spacial score (nSPS) is 17.1. The quantitative estimate of drug-likeness (QED) is 0.514. The van der Waals surface area contributed by atoms with Crippen molar-refractivity contribution in [1.29, 1.82) is 0 Å². The molecule has 0 spiro atoms. The van der Waals surface area contributed by atoms with Crippen molar-refractivity contribution in [2.45, 2.75) is 19.0 Å². The van der Waals surface area contributed by atoms with E-state index in [9.17, 15) is 18.0 Å². The van der Waals surface area contributed by atoms with Gasteiger partial charge in [-0.2, -0.15) is 18.3 Å². The molecule has 1 aromatic carbocycles. The topological polar surface area (TPSA) is 62.0 Å². The van der Waals surface area contributed by atoms with Crippen LogP contribution in [0.15, 0.2) is 52.0 Å². The van der Waals surface area contributed by atoms with Crippen LogP contribution in [0.5, 0.6) is 0 Å². The summed E-state index contributed by atoms with van der Waals surface area (Å²) < 4.78 is 37.5. The molecule has 20 heavy (non-hydrogen) atoms. The van der Waals surface area contributed by atoms with Crippen molar-refractivity contribution in [1.82, 2.24) is 0 Å². The van der Waals surface area contributed by atoms with E-state index in [1.54, 1.807) is 18.2 Å². The number of carbonyl (C=O) groups excluding carboxylic acids is 1. The highest BCUT2D eigenvalue weighted by molar-refractivity contribution is 5.98. The van der Waals surface area contributed by atoms with Crippen LogP contribution in [0, 0.1) is 5.92 Å². The number of benzene rings is 1. The summed E-state index contributed by atoms with van der Waals surface area (Å²) in [6, 6.07) is 8.01. The van der Waals surface area contributed by atoms with Crippen molar-refractivity contribution in [3.05, 3.63) is 41.8 Å². The van der Waals surface area contributed by atoms with E-state index in [2.05, 4.69) is 10.2 Å². The fraction of sp³-hybridized carbons (Fsp3) is 0.308. The third kappa shape index (κ3) is 3.43. The number of carbonyl (C=O) groups is 1. The number of rotatable bonds is 4. The van der Waals surface area contributed by atoms with Gasteiger partial charge >= 0.3 is 6.18 Å². The molecular formula is C13H11F3N2O2. The molecule has 4 nitrogen and oxygen atoms in total. The van der Waals surface area contributed by atoms with E-state index in [1.165, 1.54) is 12.1 Å². The number of alkyl halides is 3. The van der Waals surface area contributed by atoms with E-state index in [0.717, 1.165) is 0 Å². The monoisotopic (exact) mass is 284 g/mol. The molecule has 106 valence electrons. The first-order valence-electron chi connectivity index (χ1n) is 5.91. The number of aliphatic hydroxyl groups is 1. The molecule has 1 aliphatic carbocycles. The lowest BCUT2D eigenvalue weighted by atomic mass is 10.2. The second kappa shape index (κ2) is 5.44. The SMILES string of the molecule is O=C(/C(N=Nc1ccccc1)=C(/O)C(F)(F)F)C1CC1. The lowest BCUT2D eigenvalue weighted by Gasteiger charge is -2.07. The van der Waals surface area contributed by atoms with Crippen molar-refractivity contribution in [2.75, 3.05) is 0 Å². The number of halogens is 3. The van der Waals surface area contributed by atoms with E-state index < -0.39 is 29.3 Å². The van der Waals surface area contributed by atoms with Gasteiger partial charge in [0.2, 0.25) is 5.76 Å². The van der Waals surface area contributed by atoms with E-state index in [0.29, 0.717) is 18.5 Å². The molecule has 0 unspecified atom stereocenters. The van der Waals surface area contributed by atoms with Gasteiger partial charge < -0.3 is 5.11 Å². The van der Waals surface area contributed by atoms with E-state index in [4.69, 9.17) is 5.11 Å². The second-order valence-electron chi connectivity index (χ2n) is 4.37. The Bertz CT molecular complexity index is 561. The molecule has 0 aromatic heterocycles. The molecule has 0 amide bonds. The Morgan fingerprint density at radius 2 is 1.80 bits per heavy atom. The molecule has 1 fully saturated rings. The summed E-state index contributed by atoms with van der Waals surface area (Å²) in [4.78, 5) is 11.7. The Morgan fingerprint density at radius 3 is 2.30 bits per heavy atom. The van der Waals surface area contributed by atoms with Gasteiger partial charge in [-0.05, 0) is 25.0 Å². The molecule has 0 bridgehead atoms. The minimum atomic E-state index is -5.02. The smallest absolute Gasteiger partial charge is 0.451 e. The standard InChI is InChI=1S/C13H11F3N2O2/c14-13(15,16)12(20)10(11(19)8-6-7-8)18-17-9-4-2-1-3-5-9/h1-5,8,20H,6-7H2/b12-10-,18-17?. The Labute approximate surface area is 112 Å². The third-order valence-corrected chi connectivity index (χ3v) is 2.70. The fourth-order valence-corrected chi connectivity index (χ4v) is 1.49. The number of hydrogen-bond acceptors (Lipinski definition) is 4. The maximum absolute atomic E-state index is 12.5. The molecule has 0 aliphatic heterocycles. The van der Waals surface area contributed by atoms with Crippen LogP contribution < -0.4 is 0 Å². The van der Waals surface area contributed by atoms with Crippen molar-refractivity contribution in [3.8, 4) is 0 Å². The largest absolute Gasteiger partial charge is 0.503 e. The summed E-state index contributed by atoms with van der Waals surface area (Å²) in [6.07, 6.45) is -4.00. The Morgan fingerprint density at radius 1 is 1.20 bits per heavy atom. The van der Waals surface area contributed by atoms with E-state index in [-0.39, 0.29) is 0 Å². The lowest BCUT2D eigenvalue weighted by Crippen LogP contribution is -2.18. The van der Waals surface area contributed by atoms with Gasteiger partial charge in [0, 0.05) is 5.92 Å². The number of aliphatic hydroxyl groups excluding tert-OH is 1. The molecular weight excluding hydrogens is 273 g/mol. The van der Waals surface area contributed by atoms with Gasteiger partial charge in [-0.25, -0.2) is 0 Å². The maximum atomic E-state index is 12.5. The van der Waals surface area contributed by atoms with Gasteiger partial charge in [0.15, 0.2) is 11.5 Å². The predicted molar refractivity (Wildman–Crippen MR) is 64.4 cm³/mol. The first-order chi connectivity index (χ1) is 9.39. The van der Waals surface area contributed by atoms with Gasteiger partial charge in [0.25, 0.3) is 0 Å². The zero-order valence-corrected chi connectivity index (χ0v) is 10.3. The van der Waals surface area contributed by atoms with Crippen molar-refractivity contribution >= 4 is 11.5 Å². The van der Waals surface area contributed by atoms with Gasteiger partial charge in [0.1, 0.15) is 0 Å². The van der Waals surface area contributed by atoms with Crippen molar-refractivity contribution in [3.63, 3.8) is 0 Å². The summed E-state index contributed by atoms with van der Waals surface area (Å²) in [7, 11) is 0. The van der Waals surface area contributed by atoms with Gasteiger partial charge in [-0.3, -0.25) is 4.79 Å². The molecule has 1 N–H and O–H groups in total. The summed E-state index contributed by atoms with van der Waals surface area (Å²) in [5, 5.41) is 16.0. The molecule has 2 rings (SSSR count). The second-order valence-corrected chi connectivity index (χ2v) is 4.37. The van der Waals surface area contributed by atoms with Crippen LogP contribution in [-0.4, -0.2) is 17.1 Å². The molecule has 1 aliphatic rings. The summed E-state index contributed by atoms with van der Waals surface area (Å²) in [5.74, 6) is -3.31. The zero-order valence-electron chi connectivity index (χ0n) is 10.3. The van der Waals surface area contributed by atoms with Crippen LogP contribution in [0.3, 0.4) is 0 Å². The number of ketones is 1. The molecule has 0 radical (unpaired) electrons.